The molecule has 30 heavy (non-hydrogen) atoms. The normalized spacial score (nSPS) is 18.4. The first kappa shape index (κ1) is 20.9. The van der Waals surface area contributed by atoms with Crippen LogP contribution in [0.15, 0.2) is 54.6 Å². The van der Waals surface area contributed by atoms with Crippen LogP contribution in [0.2, 0.25) is 0 Å². The van der Waals surface area contributed by atoms with E-state index in [1.54, 1.807) is 0 Å². The van der Waals surface area contributed by atoms with E-state index in [2.05, 4.69) is 29.2 Å². The van der Waals surface area contributed by atoms with Crippen LogP contribution in [0.4, 0.5) is 13.2 Å². The number of halogens is 3. The lowest BCUT2D eigenvalue weighted by atomic mass is 10.0. The molecule has 2 fully saturated rings. The van der Waals surface area contributed by atoms with Gasteiger partial charge in [0.15, 0.2) is 0 Å². The summed E-state index contributed by atoms with van der Waals surface area (Å²) >= 11 is 0. The number of carbonyl (C=O) groups excluding carboxylic acids is 1. The molecule has 0 bridgehead atoms. The highest BCUT2D eigenvalue weighted by Gasteiger charge is 2.39. The molecule has 1 aliphatic carbocycles. The summed E-state index contributed by atoms with van der Waals surface area (Å²) in [7, 11) is 0. The molecule has 2 aromatic carbocycles. The number of rotatable bonds is 6. The lowest BCUT2D eigenvalue weighted by Gasteiger charge is -2.39. The molecule has 2 aromatic rings. The second kappa shape index (κ2) is 8.80. The van der Waals surface area contributed by atoms with Crippen molar-refractivity contribution in [3.05, 3.63) is 71.3 Å². The van der Waals surface area contributed by atoms with E-state index in [9.17, 15) is 18.0 Å². The van der Waals surface area contributed by atoms with Gasteiger partial charge in [-0.05, 0) is 55.9 Å². The minimum Gasteiger partial charge on any atom is -0.333 e. The monoisotopic (exact) mass is 416 g/mol. The number of carbonyl (C=O) groups is 1. The van der Waals surface area contributed by atoms with Crippen molar-refractivity contribution in [3.8, 4) is 0 Å². The molecule has 0 aromatic heterocycles. The lowest BCUT2D eigenvalue weighted by molar-refractivity contribution is -0.137. The molecule has 1 saturated carbocycles. The van der Waals surface area contributed by atoms with Gasteiger partial charge in [-0.25, -0.2) is 0 Å². The van der Waals surface area contributed by atoms with Crippen LogP contribution in [0.25, 0.3) is 0 Å². The summed E-state index contributed by atoms with van der Waals surface area (Å²) in [5.41, 5.74) is 0.696. The number of likely N-dealkylation sites (tertiary alicyclic amines) is 1. The highest BCUT2D eigenvalue weighted by molar-refractivity contribution is 5.95. The van der Waals surface area contributed by atoms with Gasteiger partial charge in [-0.1, -0.05) is 36.4 Å². The standard InChI is InChI=1S/C24H27F3N2O/c25-24(26,27)20-8-4-7-19(17-20)23(30)29(21-9-10-21)22-12-15-28(16-13-22)14-11-18-5-2-1-3-6-18/h1-8,17,21-22H,9-16H2. The second-order valence-electron chi connectivity index (χ2n) is 8.33. The van der Waals surface area contributed by atoms with Crippen LogP contribution in [-0.4, -0.2) is 47.4 Å². The summed E-state index contributed by atoms with van der Waals surface area (Å²) in [6, 6.07) is 15.5. The molecule has 0 radical (unpaired) electrons. The molecular weight excluding hydrogens is 389 g/mol. The zero-order valence-corrected chi connectivity index (χ0v) is 16.9. The van der Waals surface area contributed by atoms with E-state index < -0.39 is 11.7 Å². The maximum atomic E-state index is 13.1. The number of amides is 1. The number of benzene rings is 2. The first-order valence-electron chi connectivity index (χ1n) is 10.7. The molecule has 1 amide bonds. The number of piperidine rings is 1. The summed E-state index contributed by atoms with van der Waals surface area (Å²) in [5, 5.41) is 0. The molecule has 160 valence electrons. The largest absolute Gasteiger partial charge is 0.416 e. The zero-order valence-electron chi connectivity index (χ0n) is 16.9. The Bertz CT molecular complexity index is 856. The van der Waals surface area contributed by atoms with Crippen molar-refractivity contribution < 1.29 is 18.0 Å². The van der Waals surface area contributed by atoms with Crippen LogP contribution in [0.5, 0.6) is 0 Å². The van der Waals surface area contributed by atoms with Gasteiger partial charge >= 0.3 is 6.18 Å². The molecule has 0 unspecified atom stereocenters. The third-order valence-electron chi connectivity index (χ3n) is 6.12. The van der Waals surface area contributed by atoms with Crippen LogP contribution in [0, 0.1) is 0 Å². The van der Waals surface area contributed by atoms with E-state index in [-0.39, 0.29) is 23.6 Å². The van der Waals surface area contributed by atoms with Crippen molar-refractivity contribution in [3.63, 3.8) is 0 Å². The van der Waals surface area contributed by atoms with Crippen molar-refractivity contribution in [2.24, 2.45) is 0 Å². The molecule has 1 heterocycles. The van der Waals surface area contributed by atoms with Crippen LogP contribution >= 0.6 is 0 Å². The molecule has 6 heteroatoms. The average molecular weight is 416 g/mol. The number of nitrogens with zero attached hydrogens (tertiary/aromatic N) is 2. The van der Waals surface area contributed by atoms with Crippen molar-refractivity contribution in [1.82, 2.24) is 9.80 Å². The van der Waals surface area contributed by atoms with E-state index in [1.165, 1.54) is 17.7 Å². The molecule has 3 nitrogen and oxygen atoms in total. The Labute approximate surface area is 175 Å². The van der Waals surface area contributed by atoms with Gasteiger partial charge in [0.2, 0.25) is 0 Å². The average Bonchev–Trinajstić information content (AvgIpc) is 3.58. The van der Waals surface area contributed by atoms with E-state index in [1.807, 2.05) is 11.0 Å². The highest BCUT2D eigenvalue weighted by Crippen LogP contribution is 2.35. The summed E-state index contributed by atoms with van der Waals surface area (Å²) in [6.45, 7) is 2.81. The Morgan fingerprint density at radius 2 is 1.60 bits per heavy atom. The minimum absolute atomic E-state index is 0.104. The molecule has 0 atom stereocenters. The van der Waals surface area contributed by atoms with Crippen molar-refractivity contribution >= 4 is 5.91 Å². The molecule has 4 rings (SSSR count). The lowest BCUT2D eigenvalue weighted by Crippen LogP contribution is -2.48. The molecule has 1 saturated heterocycles. The first-order valence-corrected chi connectivity index (χ1v) is 10.7. The fourth-order valence-corrected chi connectivity index (χ4v) is 4.31. The topological polar surface area (TPSA) is 23.6 Å². The molecular formula is C24H27F3N2O. The van der Waals surface area contributed by atoms with Gasteiger partial charge in [0.1, 0.15) is 0 Å². The van der Waals surface area contributed by atoms with Crippen molar-refractivity contribution in [2.75, 3.05) is 19.6 Å². The van der Waals surface area contributed by atoms with Crippen LogP contribution in [-0.2, 0) is 12.6 Å². The maximum absolute atomic E-state index is 13.1. The quantitative estimate of drug-likeness (QED) is 0.660. The van der Waals surface area contributed by atoms with Gasteiger partial charge in [-0.2, -0.15) is 13.2 Å². The minimum atomic E-state index is -4.44. The summed E-state index contributed by atoms with van der Waals surface area (Å²) in [4.78, 5) is 17.4. The Morgan fingerprint density at radius 1 is 0.933 bits per heavy atom. The fraction of sp³-hybridized carbons (Fsp3) is 0.458. The van der Waals surface area contributed by atoms with E-state index >= 15 is 0 Å². The van der Waals surface area contributed by atoms with Gasteiger partial charge in [0.05, 0.1) is 5.56 Å². The third-order valence-corrected chi connectivity index (χ3v) is 6.12. The predicted molar refractivity (Wildman–Crippen MR) is 110 cm³/mol. The predicted octanol–water partition coefficient (Wildman–Crippen LogP) is 5.02. The Kier molecular flexibility index (Phi) is 6.14. The molecule has 2 aliphatic rings. The Hall–Kier alpha value is -2.34. The van der Waals surface area contributed by atoms with E-state index in [0.717, 1.165) is 63.9 Å². The SMILES string of the molecule is O=C(c1cccc(C(F)(F)F)c1)N(C1CC1)C1CCN(CCc2ccccc2)CC1. The zero-order chi connectivity index (χ0) is 21.1. The van der Waals surface area contributed by atoms with Crippen LogP contribution < -0.4 is 0 Å². The maximum Gasteiger partial charge on any atom is 0.416 e. The van der Waals surface area contributed by atoms with E-state index in [4.69, 9.17) is 0 Å². The first-order chi connectivity index (χ1) is 14.4. The summed E-state index contributed by atoms with van der Waals surface area (Å²) in [6.07, 6.45) is 0.190. The third kappa shape index (κ3) is 5.04. The summed E-state index contributed by atoms with van der Waals surface area (Å²) < 4.78 is 39.2. The van der Waals surface area contributed by atoms with Gasteiger partial charge < -0.3 is 9.80 Å². The van der Waals surface area contributed by atoms with Gasteiger partial charge in [-0.15, -0.1) is 0 Å². The summed E-state index contributed by atoms with van der Waals surface area (Å²) in [5.74, 6) is -0.258. The van der Waals surface area contributed by atoms with Gasteiger partial charge in [-0.3, -0.25) is 4.79 Å². The second-order valence-corrected chi connectivity index (χ2v) is 8.33. The van der Waals surface area contributed by atoms with Crippen molar-refractivity contribution in [1.29, 1.82) is 0 Å². The van der Waals surface area contributed by atoms with Crippen molar-refractivity contribution in [2.45, 2.75) is 50.4 Å². The van der Waals surface area contributed by atoms with Gasteiger partial charge in [0, 0.05) is 37.3 Å². The van der Waals surface area contributed by atoms with E-state index in [0.29, 0.717) is 0 Å². The fourth-order valence-electron chi connectivity index (χ4n) is 4.31. The Morgan fingerprint density at radius 3 is 2.23 bits per heavy atom. The Balaban J connectivity index is 1.38. The number of hydrogen-bond donors (Lipinski definition) is 0. The molecule has 0 spiro atoms. The highest BCUT2D eigenvalue weighted by atomic mass is 19.4. The number of hydrogen-bond acceptors (Lipinski definition) is 2. The molecule has 0 N–H and O–H groups in total. The number of alkyl halides is 3. The smallest absolute Gasteiger partial charge is 0.333 e. The van der Waals surface area contributed by atoms with Crippen LogP contribution in [0.3, 0.4) is 0 Å². The molecule has 1 aliphatic heterocycles. The van der Waals surface area contributed by atoms with Gasteiger partial charge in [0.25, 0.3) is 5.91 Å². The van der Waals surface area contributed by atoms with Crippen LogP contribution in [0.1, 0.15) is 47.2 Å².